The zero-order valence-electron chi connectivity index (χ0n) is 7.29. The van der Waals surface area contributed by atoms with Crippen LogP contribution in [0.5, 0.6) is 0 Å². The summed E-state index contributed by atoms with van der Waals surface area (Å²) >= 11 is 0. The van der Waals surface area contributed by atoms with E-state index in [0.29, 0.717) is 6.42 Å². The fraction of sp³-hybridized carbons (Fsp3) is 0.500. The second kappa shape index (κ2) is 3.49. The summed E-state index contributed by atoms with van der Waals surface area (Å²) < 4.78 is 0. The Hall–Kier alpha value is -1.16. The van der Waals surface area contributed by atoms with Crippen LogP contribution in [0.25, 0.3) is 0 Å². The maximum Gasteiger partial charge on any atom is 0.146 e. The Morgan fingerprint density at radius 3 is 2.92 bits per heavy atom. The first-order valence-electron chi connectivity index (χ1n) is 3.86. The van der Waals surface area contributed by atoms with Gasteiger partial charge in [-0.05, 0) is 25.8 Å². The van der Waals surface area contributed by atoms with E-state index >= 15 is 0 Å². The number of hydrogen-bond donors (Lipinski definition) is 2. The third-order valence-electron chi connectivity index (χ3n) is 1.90. The van der Waals surface area contributed by atoms with Crippen LogP contribution in [-0.4, -0.2) is 22.0 Å². The Morgan fingerprint density at radius 2 is 2.50 bits per heavy atom. The Bertz CT molecular complexity index is 280. The number of rotatable bonds is 3. The van der Waals surface area contributed by atoms with E-state index in [4.69, 9.17) is 5.73 Å². The summed E-state index contributed by atoms with van der Waals surface area (Å²) in [6.45, 7) is 3.41. The lowest BCUT2D eigenvalue weighted by molar-refractivity contribution is -0.118. The zero-order chi connectivity index (χ0) is 9.14. The summed E-state index contributed by atoms with van der Waals surface area (Å²) in [4.78, 5) is 10.8. The summed E-state index contributed by atoms with van der Waals surface area (Å²) in [7, 11) is 0. The molecule has 0 aliphatic heterocycles. The van der Waals surface area contributed by atoms with Gasteiger partial charge in [0.15, 0.2) is 0 Å². The molecule has 12 heavy (non-hydrogen) atoms. The third kappa shape index (κ3) is 1.92. The van der Waals surface area contributed by atoms with Gasteiger partial charge in [0.2, 0.25) is 0 Å². The molecule has 1 aromatic heterocycles. The number of aryl methyl sites for hydroxylation is 1. The minimum atomic E-state index is -0.402. The van der Waals surface area contributed by atoms with Crippen molar-refractivity contribution in [3.63, 3.8) is 0 Å². The molecule has 1 unspecified atom stereocenters. The van der Waals surface area contributed by atoms with E-state index < -0.39 is 6.04 Å². The molecule has 1 rings (SSSR count). The molecule has 0 radical (unpaired) electrons. The number of ketones is 1. The van der Waals surface area contributed by atoms with Crippen molar-refractivity contribution in [2.75, 3.05) is 0 Å². The van der Waals surface area contributed by atoms with Crippen LogP contribution in [0.3, 0.4) is 0 Å². The van der Waals surface area contributed by atoms with Crippen molar-refractivity contribution in [3.05, 3.63) is 17.5 Å². The highest BCUT2D eigenvalue weighted by Gasteiger charge is 2.11. The number of carbonyl (C=O) groups excluding carboxylic acids is 1. The number of nitrogens with two attached hydrogens (primary N) is 1. The van der Waals surface area contributed by atoms with Crippen LogP contribution in [0.4, 0.5) is 0 Å². The number of aromatic nitrogens is 2. The molecule has 4 nitrogen and oxygen atoms in total. The minimum Gasteiger partial charge on any atom is -0.321 e. The van der Waals surface area contributed by atoms with Gasteiger partial charge in [-0.15, -0.1) is 0 Å². The first kappa shape index (κ1) is 8.93. The van der Waals surface area contributed by atoms with Crippen molar-refractivity contribution in [1.29, 1.82) is 0 Å². The summed E-state index contributed by atoms with van der Waals surface area (Å²) in [5.41, 5.74) is 7.58. The van der Waals surface area contributed by atoms with E-state index in [9.17, 15) is 4.79 Å². The molecule has 1 heterocycles. The zero-order valence-corrected chi connectivity index (χ0v) is 7.29. The number of hydrogen-bond acceptors (Lipinski definition) is 3. The summed E-state index contributed by atoms with van der Waals surface area (Å²) in [6, 6.07) is -0.402. The number of carbonyl (C=O) groups is 1. The predicted molar refractivity (Wildman–Crippen MR) is 45.7 cm³/mol. The van der Waals surface area contributed by atoms with Gasteiger partial charge < -0.3 is 5.73 Å². The van der Waals surface area contributed by atoms with E-state index in [1.54, 1.807) is 6.20 Å². The topological polar surface area (TPSA) is 71.8 Å². The number of nitrogens with zero attached hydrogens (tertiary/aromatic N) is 1. The summed E-state index contributed by atoms with van der Waals surface area (Å²) in [5, 5.41) is 6.64. The molecule has 0 saturated heterocycles. The second-order valence-corrected chi connectivity index (χ2v) is 2.94. The normalized spacial score (nSPS) is 12.9. The first-order valence-corrected chi connectivity index (χ1v) is 3.86. The van der Waals surface area contributed by atoms with Gasteiger partial charge in [-0.1, -0.05) is 0 Å². The van der Waals surface area contributed by atoms with Crippen LogP contribution >= 0.6 is 0 Å². The van der Waals surface area contributed by atoms with Crippen molar-refractivity contribution >= 4 is 5.78 Å². The smallest absolute Gasteiger partial charge is 0.146 e. The number of nitrogens with one attached hydrogen (secondary N) is 1. The summed E-state index contributed by atoms with van der Waals surface area (Å²) in [5.74, 6) is 0.00981. The minimum absolute atomic E-state index is 0.00981. The average molecular weight is 167 g/mol. The van der Waals surface area contributed by atoms with Gasteiger partial charge in [0.05, 0.1) is 12.2 Å². The Labute approximate surface area is 71.2 Å². The molecule has 1 aromatic rings. The van der Waals surface area contributed by atoms with Crippen LogP contribution in [0.1, 0.15) is 18.2 Å². The van der Waals surface area contributed by atoms with E-state index in [2.05, 4.69) is 10.2 Å². The van der Waals surface area contributed by atoms with Gasteiger partial charge in [-0.2, -0.15) is 5.10 Å². The van der Waals surface area contributed by atoms with E-state index in [1.807, 2.05) is 6.92 Å². The van der Waals surface area contributed by atoms with Gasteiger partial charge >= 0.3 is 0 Å². The largest absolute Gasteiger partial charge is 0.321 e. The quantitative estimate of drug-likeness (QED) is 0.674. The van der Waals surface area contributed by atoms with Gasteiger partial charge in [0.25, 0.3) is 0 Å². The molecule has 0 aromatic carbocycles. The maximum atomic E-state index is 10.8. The highest BCUT2D eigenvalue weighted by molar-refractivity contribution is 5.81. The van der Waals surface area contributed by atoms with Gasteiger partial charge in [0.1, 0.15) is 5.78 Å². The number of Topliss-reactive ketones (excluding diaryl/α,β-unsaturated/α-hetero) is 1. The molecule has 0 saturated carbocycles. The molecule has 66 valence electrons. The van der Waals surface area contributed by atoms with Crippen LogP contribution in [0, 0.1) is 6.92 Å². The van der Waals surface area contributed by atoms with Crippen LogP contribution < -0.4 is 5.73 Å². The SMILES string of the molecule is CC(=O)C(N)Cc1cn[nH]c1C. The van der Waals surface area contributed by atoms with Gasteiger partial charge in [0, 0.05) is 5.69 Å². The maximum absolute atomic E-state index is 10.8. The molecule has 0 spiro atoms. The molecule has 0 aliphatic carbocycles. The monoisotopic (exact) mass is 167 g/mol. The van der Waals surface area contributed by atoms with Crippen molar-refractivity contribution in [1.82, 2.24) is 10.2 Å². The molecule has 3 N–H and O–H groups in total. The standard InChI is InChI=1S/C8H13N3O/c1-5-7(4-10-11-5)3-8(9)6(2)12/h4,8H,3,9H2,1-2H3,(H,10,11). The Kier molecular flexibility index (Phi) is 2.60. The van der Waals surface area contributed by atoms with Crippen molar-refractivity contribution in [2.24, 2.45) is 5.73 Å². The molecule has 0 fully saturated rings. The first-order chi connectivity index (χ1) is 5.61. The van der Waals surface area contributed by atoms with E-state index in [0.717, 1.165) is 11.3 Å². The van der Waals surface area contributed by atoms with E-state index in [-0.39, 0.29) is 5.78 Å². The Morgan fingerprint density at radius 1 is 1.83 bits per heavy atom. The van der Waals surface area contributed by atoms with Crippen molar-refractivity contribution < 1.29 is 4.79 Å². The fourth-order valence-corrected chi connectivity index (χ4v) is 0.962. The van der Waals surface area contributed by atoms with Gasteiger partial charge in [-0.3, -0.25) is 9.89 Å². The molecule has 0 bridgehead atoms. The lowest BCUT2D eigenvalue weighted by Crippen LogP contribution is -2.30. The van der Waals surface area contributed by atoms with E-state index in [1.165, 1.54) is 6.92 Å². The van der Waals surface area contributed by atoms with Crippen LogP contribution in [0.15, 0.2) is 6.20 Å². The molecular weight excluding hydrogens is 154 g/mol. The molecule has 1 atom stereocenters. The van der Waals surface area contributed by atoms with Crippen molar-refractivity contribution in [3.8, 4) is 0 Å². The van der Waals surface area contributed by atoms with Crippen LogP contribution in [0.2, 0.25) is 0 Å². The van der Waals surface area contributed by atoms with Gasteiger partial charge in [-0.25, -0.2) is 0 Å². The highest BCUT2D eigenvalue weighted by Crippen LogP contribution is 2.05. The fourth-order valence-electron chi connectivity index (χ4n) is 0.962. The molecule has 0 aliphatic rings. The lowest BCUT2D eigenvalue weighted by Gasteiger charge is -2.05. The molecular formula is C8H13N3O. The number of aromatic amines is 1. The second-order valence-electron chi connectivity index (χ2n) is 2.94. The molecule has 4 heteroatoms. The summed E-state index contributed by atoms with van der Waals surface area (Å²) in [6.07, 6.45) is 2.27. The Balaban J connectivity index is 2.64. The van der Waals surface area contributed by atoms with Crippen molar-refractivity contribution in [2.45, 2.75) is 26.3 Å². The third-order valence-corrected chi connectivity index (χ3v) is 1.90. The number of H-pyrrole nitrogens is 1. The lowest BCUT2D eigenvalue weighted by atomic mass is 10.1. The van der Waals surface area contributed by atoms with Crippen LogP contribution in [-0.2, 0) is 11.2 Å². The molecule has 0 amide bonds. The average Bonchev–Trinajstić information content (AvgIpc) is 2.36. The predicted octanol–water partition coefficient (Wildman–Crippen LogP) is 0.177. The highest BCUT2D eigenvalue weighted by atomic mass is 16.1.